The molecule has 0 unspecified atom stereocenters. The predicted octanol–water partition coefficient (Wildman–Crippen LogP) is 2.22. The van der Waals surface area contributed by atoms with Crippen molar-refractivity contribution in [2.24, 2.45) is 0 Å². The third-order valence-corrected chi connectivity index (χ3v) is 0. The fourth-order valence-corrected chi connectivity index (χ4v) is 0. The first-order valence-corrected chi connectivity index (χ1v) is 0.367. The normalized spacial score (nSPS) is 1.25. The minimum Gasteiger partial charge on any atom is -0.255 e. The molecule has 0 bridgehead atoms. The van der Waals surface area contributed by atoms with Crippen molar-refractivity contribution in [1.82, 2.24) is 0 Å². The quantitative estimate of drug-likeness (QED) is 0.428. The molecule has 0 heterocycles. The average Bonchev–Trinajstić information content (AvgIpc) is 1.50. The SMILES string of the molecule is C.C.C.O=O.OO.[H+].[H+].[V]. The van der Waals surface area contributed by atoms with E-state index in [1.807, 2.05) is 0 Å². The second-order valence-electron chi connectivity index (χ2n) is 0. The van der Waals surface area contributed by atoms with Gasteiger partial charge in [-0.25, -0.2) is 0 Å². The first-order valence-electron chi connectivity index (χ1n) is 0.367. The maximum Gasteiger partial charge on any atom is 1.00 e. The van der Waals surface area contributed by atoms with E-state index < -0.39 is 0 Å². The first kappa shape index (κ1) is 92.4. The Hall–Kier alpha value is 0.104. The summed E-state index contributed by atoms with van der Waals surface area (Å²) in [6.07, 6.45) is 0. The van der Waals surface area contributed by atoms with E-state index in [1.54, 1.807) is 0 Å². The molecule has 0 atom stereocenters. The van der Waals surface area contributed by atoms with Gasteiger partial charge in [0.1, 0.15) is 0 Å². The molecule has 0 aliphatic heterocycles. The van der Waals surface area contributed by atoms with Crippen LogP contribution in [0, 0.1) is 9.93 Å². The maximum atomic E-state index is 7.00. The molecule has 0 rings (SSSR count). The Bertz CT molecular complexity index is 18.5. The fourth-order valence-electron chi connectivity index (χ4n) is 0. The predicted molar refractivity (Wildman–Crippen MR) is 34.4 cm³/mol. The van der Waals surface area contributed by atoms with E-state index in [0.717, 1.165) is 0 Å². The van der Waals surface area contributed by atoms with Gasteiger partial charge in [-0.2, -0.15) is 0 Å². The molecule has 0 aromatic carbocycles. The standard InChI is InChI=1S/3CH4.H2O2.O2.V/c;;;2*1-2;/h3*1H4;1-2H;;/p+2. The van der Waals surface area contributed by atoms with Gasteiger partial charge in [0.15, 0.2) is 0 Å². The van der Waals surface area contributed by atoms with Crippen LogP contribution in [0.2, 0.25) is 0 Å². The zero-order valence-corrected chi connectivity index (χ0v) is 3.55. The van der Waals surface area contributed by atoms with Gasteiger partial charge in [0.2, 0.25) is 0 Å². The molecule has 0 aliphatic carbocycles. The van der Waals surface area contributed by atoms with Crippen molar-refractivity contribution < 1.29 is 31.9 Å². The van der Waals surface area contributed by atoms with Gasteiger partial charge in [0.05, 0.1) is 0 Å². The van der Waals surface area contributed by atoms with Crippen LogP contribution in [0.5, 0.6) is 0 Å². The van der Waals surface area contributed by atoms with Gasteiger partial charge in [-0.05, 0) is 0 Å². The molecule has 5 heteroatoms. The van der Waals surface area contributed by atoms with E-state index in [4.69, 9.17) is 20.4 Å². The summed E-state index contributed by atoms with van der Waals surface area (Å²) in [7, 11) is 0. The van der Waals surface area contributed by atoms with Crippen LogP contribution >= 0.6 is 0 Å². The summed E-state index contributed by atoms with van der Waals surface area (Å²) in [5.74, 6) is 0. The van der Waals surface area contributed by atoms with Crippen LogP contribution in [0.25, 0.3) is 0 Å². The molecular formula is C3H16O4V+2. The number of hydrogen-bond donors (Lipinski definition) is 2. The Morgan fingerprint density at radius 1 is 0.875 bits per heavy atom. The molecule has 0 fully saturated rings. The van der Waals surface area contributed by atoms with Crippen LogP contribution in [0.3, 0.4) is 0 Å². The van der Waals surface area contributed by atoms with Gasteiger partial charge < -0.3 is 0 Å². The zero-order valence-electron chi connectivity index (χ0n) is 4.16. The molecule has 0 saturated heterocycles. The van der Waals surface area contributed by atoms with E-state index in [9.17, 15) is 0 Å². The van der Waals surface area contributed by atoms with E-state index in [1.165, 1.54) is 0 Å². The van der Waals surface area contributed by atoms with Crippen molar-refractivity contribution in [1.29, 1.82) is 0 Å². The molecule has 0 saturated carbocycles. The Kier molecular flexibility index (Phi) is 280000. The smallest absolute Gasteiger partial charge is 0.255 e. The van der Waals surface area contributed by atoms with Crippen LogP contribution in [-0.4, -0.2) is 10.5 Å². The molecule has 2 N–H and O–H groups in total. The van der Waals surface area contributed by atoms with Crippen LogP contribution < -0.4 is 0 Å². The summed E-state index contributed by atoms with van der Waals surface area (Å²) < 4.78 is 0. The minimum absolute atomic E-state index is 0. The van der Waals surface area contributed by atoms with Crippen LogP contribution in [0.15, 0.2) is 0 Å². The molecule has 0 aromatic heterocycles. The maximum absolute atomic E-state index is 7.00. The van der Waals surface area contributed by atoms with E-state index >= 15 is 0 Å². The molecule has 0 amide bonds. The molecular weight excluding hydrogens is 151 g/mol. The van der Waals surface area contributed by atoms with Gasteiger partial charge in [0, 0.05) is 28.5 Å². The minimum atomic E-state index is 0. The molecule has 55 valence electrons. The van der Waals surface area contributed by atoms with Crippen molar-refractivity contribution in [3.05, 3.63) is 9.93 Å². The molecule has 0 aromatic rings. The third-order valence-electron chi connectivity index (χ3n) is 0. The van der Waals surface area contributed by atoms with Crippen LogP contribution in [0.1, 0.15) is 25.1 Å². The van der Waals surface area contributed by atoms with Gasteiger partial charge in [-0.3, -0.25) is 10.5 Å². The summed E-state index contributed by atoms with van der Waals surface area (Å²) in [5.41, 5.74) is 0. The summed E-state index contributed by atoms with van der Waals surface area (Å²) in [6.45, 7) is 0. The fraction of sp³-hybridized carbons (Fsp3) is 1.00. The second-order valence-corrected chi connectivity index (χ2v) is 0. The molecule has 8 heavy (non-hydrogen) atoms. The van der Waals surface area contributed by atoms with Crippen molar-refractivity contribution in [2.75, 3.05) is 0 Å². The summed E-state index contributed by atoms with van der Waals surface area (Å²) in [4.78, 5) is 14.0. The number of rotatable bonds is 0. The molecule has 0 aliphatic rings. The summed E-state index contributed by atoms with van der Waals surface area (Å²) in [6, 6.07) is 0. The topological polar surface area (TPSA) is 74.6 Å². The van der Waals surface area contributed by atoms with Crippen molar-refractivity contribution in [3.8, 4) is 0 Å². The van der Waals surface area contributed by atoms with E-state index in [2.05, 4.69) is 0 Å². The Morgan fingerprint density at radius 2 is 0.875 bits per heavy atom. The Morgan fingerprint density at radius 3 is 0.875 bits per heavy atom. The Balaban J connectivity index is -0.000000000833. The number of hydrogen-bond acceptors (Lipinski definition) is 4. The molecule has 4 nitrogen and oxygen atoms in total. The monoisotopic (exact) mass is 167 g/mol. The second kappa shape index (κ2) is 24300. The van der Waals surface area contributed by atoms with E-state index in [0.29, 0.717) is 0 Å². The molecule has 0 spiro atoms. The van der Waals surface area contributed by atoms with Crippen LogP contribution in [-0.2, 0) is 18.6 Å². The van der Waals surface area contributed by atoms with Gasteiger partial charge in [0.25, 0.3) is 0 Å². The zero-order chi connectivity index (χ0) is 4.00. The van der Waals surface area contributed by atoms with Gasteiger partial charge >= 0.3 is 2.85 Å². The van der Waals surface area contributed by atoms with Crippen LogP contribution in [0.4, 0.5) is 0 Å². The van der Waals surface area contributed by atoms with Gasteiger partial charge in [-0.1, -0.05) is 22.3 Å². The average molecular weight is 167 g/mol. The third kappa shape index (κ3) is 14600. The van der Waals surface area contributed by atoms with E-state index in [-0.39, 0.29) is 43.7 Å². The van der Waals surface area contributed by atoms with Crippen molar-refractivity contribution in [2.45, 2.75) is 22.3 Å². The Labute approximate surface area is 64.9 Å². The van der Waals surface area contributed by atoms with Crippen molar-refractivity contribution in [3.63, 3.8) is 0 Å². The molecule has 1 radical (unpaired) electrons. The summed E-state index contributed by atoms with van der Waals surface area (Å²) in [5, 5.41) is 12.0. The van der Waals surface area contributed by atoms with Crippen molar-refractivity contribution >= 4 is 0 Å². The van der Waals surface area contributed by atoms with Gasteiger partial charge in [-0.15, -0.1) is 0 Å². The summed E-state index contributed by atoms with van der Waals surface area (Å²) >= 11 is 0. The first-order chi connectivity index (χ1) is 2.00. The largest absolute Gasteiger partial charge is 1.00 e.